The van der Waals surface area contributed by atoms with Gasteiger partial charge in [-0.25, -0.2) is 0 Å². The molecular weight excluding hydrogens is 210 g/mol. The number of Topliss-reactive ketones (excluding diaryl/α,β-unsaturated/α-hetero) is 1. The van der Waals surface area contributed by atoms with Gasteiger partial charge < -0.3 is 0 Å². The van der Waals surface area contributed by atoms with Crippen LogP contribution in [-0.2, 0) is 17.8 Å². The second-order valence-electron chi connectivity index (χ2n) is 5.00. The van der Waals surface area contributed by atoms with Gasteiger partial charge in [-0.15, -0.1) is 0 Å². The van der Waals surface area contributed by atoms with Crippen LogP contribution in [0.1, 0.15) is 31.4 Å². The highest BCUT2D eigenvalue weighted by molar-refractivity contribution is 5.82. The Kier molecular flexibility index (Phi) is 3.95. The number of nitrogens with zero attached hydrogens (tertiary/aromatic N) is 1. The summed E-state index contributed by atoms with van der Waals surface area (Å²) in [4.78, 5) is 14.2. The molecule has 17 heavy (non-hydrogen) atoms. The van der Waals surface area contributed by atoms with Crippen LogP contribution in [0.3, 0.4) is 0 Å². The van der Waals surface area contributed by atoms with Crippen molar-refractivity contribution in [1.82, 2.24) is 4.90 Å². The van der Waals surface area contributed by atoms with Gasteiger partial charge in [-0.1, -0.05) is 38.1 Å². The Balaban J connectivity index is 1.96. The van der Waals surface area contributed by atoms with E-state index in [0.717, 1.165) is 25.9 Å². The van der Waals surface area contributed by atoms with Gasteiger partial charge in [0, 0.05) is 19.0 Å². The van der Waals surface area contributed by atoms with Crippen LogP contribution in [0.4, 0.5) is 0 Å². The van der Waals surface area contributed by atoms with E-state index in [1.165, 1.54) is 11.1 Å². The molecular formula is C15H21NO. The Morgan fingerprint density at radius 1 is 1.35 bits per heavy atom. The maximum Gasteiger partial charge on any atom is 0.149 e. The van der Waals surface area contributed by atoms with E-state index in [4.69, 9.17) is 0 Å². The Morgan fingerprint density at radius 2 is 2.06 bits per heavy atom. The number of hydrogen-bond donors (Lipinski definition) is 0. The quantitative estimate of drug-likeness (QED) is 0.794. The molecule has 0 saturated heterocycles. The van der Waals surface area contributed by atoms with Gasteiger partial charge in [-0.05, 0) is 24.0 Å². The number of ketones is 1. The lowest BCUT2D eigenvalue weighted by molar-refractivity contribution is -0.123. The Labute approximate surface area is 104 Å². The summed E-state index contributed by atoms with van der Waals surface area (Å²) in [5, 5.41) is 0. The maximum atomic E-state index is 11.9. The molecule has 2 nitrogen and oxygen atoms in total. The zero-order valence-electron chi connectivity index (χ0n) is 10.8. The third-order valence-corrected chi connectivity index (χ3v) is 3.75. The van der Waals surface area contributed by atoms with E-state index in [0.29, 0.717) is 12.3 Å². The number of rotatable bonds is 4. The molecule has 0 fully saturated rings. The zero-order chi connectivity index (χ0) is 12.3. The fraction of sp³-hybridized carbons (Fsp3) is 0.533. The molecule has 0 aromatic heterocycles. The van der Waals surface area contributed by atoms with Gasteiger partial charge in [0.15, 0.2) is 0 Å². The van der Waals surface area contributed by atoms with Crippen LogP contribution in [0.2, 0.25) is 0 Å². The molecule has 0 radical (unpaired) electrons. The van der Waals surface area contributed by atoms with E-state index in [1.54, 1.807) is 0 Å². The molecule has 1 unspecified atom stereocenters. The molecule has 0 aliphatic carbocycles. The van der Waals surface area contributed by atoms with Gasteiger partial charge in [0.2, 0.25) is 0 Å². The van der Waals surface area contributed by atoms with Crippen LogP contribution in [0.15, 0.2) is 24.3 Å². The number of fused-ring (bicyclic) bond motifs is 1. The molecule has 1 heterocycles. The smallest absolute Gasteiger partial charge is 0.149 e. The third kappa shape index (κ3) is 2.95. The fourth-order valence-corrected chi connectivity index (χ4v) is 2.29. The monoisotopic (exact) mass is 231 g/mol. The Hall–Kier alpha value is -1.15. The second-order valence-corrected chi connectivity index (χ2v) is 5.00. The summed E-state index contributed by atoms with van der Waals surface area (Å²) in [6, 6.07) is 8.55. The minimum absolute atomic E-state index is 0.201. The highest BCUT2D eigenvalue weighted by atomic mass is 16.1. The van der Waals surface area contributed by atoms with Crippen molar-refractivity contribution in [3.8, 4) is 0 Å². The van der Waals surface area contributed by atoms with Gasteiger partial charge in [0.1, 0.15) is 5.78 Å². The average Bonchev–Trinajstić information content (AvgIpc) is 2.37. The standard InChI is InChI=1S/C15H21NO/c1-3-12(2)15(17)11-16-9-8-13-6-4-5-7-14(13)10-16/h4-7,12H,3,8-11H2,1-2H3. The van der Waals surface area contributed by atoms with E-state index in [9.17, 15) is 4.79 Å². The van der Waals surface area contributed by atoms with Crippen molar-refractivity contribution in [3.05, 3.63) is 35.4 Å². The van der Waals surface area contributed by atoms with E-state index in [2.05, 4.69) is 36.1 Å². The second kappa shape index (κ2) is 5.46. The SMILES string of the molecule is CCC(C)C(=O)CN1CCc2ccccc2C1. The summed E-state index contributed by atoms with van der Waals surface area (Å²) in [6.45, 7) is 6.66. The van der Waals surface area contributed by atoms with E-state index in [-0.39, 0.29) is 5.92 Å². The summed E-state index contributed by atoms with van der Waals surface area (Å²) in [5.74, 6) is 0.582. The number of carbonyl (C=O) groups excluding carboxylic acids is 1. The van der Waals surface area contributed by atoms with Crippen LogP contribution in [-0.4, -0.2) is 23.8 Å². The molecule has 1 aromatic carbocycles. The Bertz CT molecular complexity index is 400. The van der Waals surface area contributed by atoms with E-state index in [1.807, 2.05) is 6.92 Å². The predicted octanol–water partition coefficient (Wildman–Crippen LogP) is 2.66. The van der Waals surface area contributed by atoms with Gasteiger partial charge in [0.05, 0.1) is 6.54 Å². The molecule has 1 aliphatic rings. The van der Waals surface area contributed by atoms with E-state index >= 15 is 0 Å². The van der Waals surface area contributed by atoms with Crippen molar-refractivity contribution in [3.63, 3.8) is 0 Å². The fourth-order valence-electron chi connectivity index (χ4n) is 2.29. The molecule has 1 aromatic rings. The molecule has 92 valence electrons. The molecule has 2 rings (SSSR count). The minimum Gasteiger partial charge on any atom is -0.298 e. The van der Waals surface area contributed by atoms with Crippen LogP contribution in [0.5, 0.6) is 0 Å². The summed E-state index contributed by atoms with van der Waals surface area (Å²) in [6.07, 6.45) is 2.02. The first-order chi connectivity index (χ1) is 8.20. The van der Waals surface area contributed by atoms with Gasteiger partial charge in [-0.2, -0.15) is 0 Å². The van der Waals surface area contributed by atoms with Crippen molar-refractivity contribution in [2.45, 2.75) is 33.2 Å². The highest BCUT2D eigenvalue weighted by Crippen LogP contribution is 2.18. The lowest BCUT2D eigenvalue weighted by Gasteiger charge is -2.28. The predicted molar refractivity (Wildman–Crippen MR) is 69.9 cm³/mol. The van der Waals surface area contributed by atoms with Crippen molar-refractivity contribution >= 4 is 5.78 Å². The first kappa shape index (κ1) is 12.3. The first-order valence-corrected chi connectivity index (χ1v) is 6.52. The normalized spacial score (nSPS) is 17.5. The largest absolute Gasteiger partial charge is 0.298 e. The van der Waals surface area contributed by atoms with Crippen LogP contribution < -0.4 is 0 Å². The minimum atomic E-state index is 0.201. The molecule has 1 aliphatic heterocycles. The molecule has 0 N–H and O–H groups in total. The summed E-state index contributed by atoms with van der Waals surface area (Å²) in [5.41, 5.74) is 2.83. The summed E-state index contributed by atoms with van der Waals surface area (Å²) >= 11 is 0. The van der Waals surface area contributed by atoms with Crippen molar-refractivity contribution in [2.24, 2.45) is 5.92 Å². The van der Waals surface area contributed by atoms with Gasteiger partial charge >= 0.3 is 0 Å². The molecule has 2 heteroatoms. The zero-order valence-corrected chi connectivity index (χ0v) is 10.8. The van der Waals surface area contributed by atoms with Crippen molar-refractivity contribution in [1.29, 1.82) is 0 Å². The lowest BCUT2D eigenvalue weighted by Crippen LogP contribution is -2.36. The molecule has 0 amide bonds. The van der Waals surface area contributed by atoms with Crippen LogP contribution in [0, 0.1) is 5.92 Å². The summed E-state index contributed by atoms with van der Waals surface area (Å²) < 4.78 is 0. The number of carbonyl (C=O) groups is 1. The molecule has 0 bridgehead atoms. The average molecular weight is 231 g/mol. The maximum absolute atomic E-state index is 11.9. The lowest BCUT2D eigenvalue weighted by atomic mass is 9.98. The molecule has 1 atom stereocenters. The van der Waals surface area contributed by atoms with Crippen LogP contribution in [0.25, 0.3) is 0 Å². The van der Waals surface area contributed by atoms with Crippen molar-refractivity contribution < 1.29 is 4.79 Å². The van der Waals surface area contributed by atoms with E-state index < -0.39 is 0 Å². The van der Waals surface area contributed by atoms with Gasteiger partial charge in [0.25, 0.3) is 0 Å². The highest BCUT2D eigenvalue weighted by Gasteiger charge is 2.19. The number of hydrogen-bond acceptors (Lipinski definition) is 2. The molecule has 0 spiro atoms. The third-order valence-electron chi connectivity index (χ3n) is 3.75. The summed E-state index contributed by atoms with van der Waals surface area (Å²) in [7, 11) is 0. The Morgan fingerprint density at radius 3 is 2.76 bits per heavy atom. The number of benzene rings is 1. The van der Waals surface area contributed by atoms with Gasteiger partial charge in [-0.3, -0.25) is 9.69 Å². The topological polar surface area (TPSA) is 20.3 Å². The first-order valence-electron chi connectivity index (χ1n) is 6.52. The van der Waals surface area contributed by atoms with Crippen LogP contribution >= 0.6 is 0 Å². The van der Waals surface area contributed by atoms with Crippen molar-refractivity contribution in [2.75, 3.05) is 13.1 Å². The molecule has 0 saturated carbocycles.